The quantitative estimate of drug-likeness (QED) is 0.867. The van der Waals surface area contributed by atoms with E-state index >= 15 is 0 Å². The maximum atomic E-state index is 12.9. The van der Waals surface area contributed by atoms with Crippen molar-refractivity contribution in [2.75, 3.05) is 13.2 Å². The van der Waals surface area contributed by atoms with E-state index in [0.29, 0.717) is 17.4 Å². The molecule has 0 bridgehead atoms. The third-order valence-corrected chi connectivity index (χ3v) is 2.71. The van der Waals surface area contributed by atoms with E-state index in [1.165, 1.54) is 6.07 Å². The summed E-state index contributed by atoms with van der Waals surface area (Å²) in [4.78, 5) is 0. The van der Waals surface area contributed by atoms with Gasteiger partial charge in [0.2, 0.25) is 0 Å². The normalized spacial score (nSPS) is 12.9. The SMILES string of the molecule is NC[C@@H](CO)Cc1ccc(F)c(Br)c1. The molecule has 78 valence electrons. The minimum atomic E-state index is -0.276. The average Bonchev–Trinajstić information content (AvgIpc) is 2.19. The summed E-state index contributed by atoms with van der Waals surface area (Å²) >= 11 is 3.11. The minimum Gasteiger partial charge on any atom is -0.396 e. The Morgan fingerprint density at radius 2 is 2.21 bits per heavy atom. The van der Waals surface area contributed by atoms with E-state index in [4.69, 9.17) is 10.8 Å². The van der Waals surface area contributed by atoms with E-state index < -0.39 is 0 Å². The van der Waals surface area contributed by atoms with Gasteiger partial charge in [0.15, 0.2) is 0 Å². The minimum absolute atomic E-state index is 0.0485. The van der Waals surface area contributed by atoms with Crippen LogP contribution < -0.4 is 5.73 Å². The van der Waals surface area contributed by atoms with Crippen molar-refractivity contribution < 1.29 is 9.50 Å². The second-order valence-electron chi connectivity index (χ2n) is 3.24. The number of hydrogen-bond donors (Lipinski definition) is 2. The van der Waals surface area contributed by atoms with Crippen molar-refractivity contribution in [3.05, 3.63) is 34.1 Å². The first-order valence-corrected chi connectivity index (χ1v) is 5.21. The van der Waals surface area contributed by atoms with Crippen molar-refractivity contribution in [2.45, 2.75) is 6.42 Å². The molecule has 3 N–H and O–H groups in total. The molecule has 1 atom stereocenters. The van der Waals surface area contributed by atoms with Crippen LogP contribution in [0, 0.1) is 11.7 Å². The molecule has 0 heterocycles. The van der Waals surface area contributed by atoms with Crippen molar-refractivity contribution in [1.29, 1.82) is 0 Å². The lowest BCUT2D eigenvalue weighted by Crippen LogP contribution is -2.20. The van der Waals surface area contributed by atoms with Gasteiger partial charge in [-0.3, -0.25) is 0 Å². The molecule has 0 saturated heterocycles. The molecular weight excluding hydrogens is 249 g/mol. The lowest BCUT2D eigenvalue weighted by Gasteiger charge is -2.11. The Morgan fingerprint density at radius 3 is 2.71 bits per heavy atom. The van der Waals surface area contributed by atoms with Crippen LogP contribution in [-0.2, 0) is 6.42 Å². The van der Waals surface area contributed by atoms with Crippen molar-refractivity contribution in [3.8, 4) is 0 Å². The molecule has 4 heteroatoms. The summed E-state index contributed by atoms with van der Waals surface area (Å²) in [6, 6.07) is 4.83. The summed E-state index contributed by atoms with van der Waals surface area (Å²) in [5.74, 6) is -0.227. The van der Waals surface area contributed by atoms with Gasteiger partial charge in [-0.25, -0.2) is 4.39 Å². The zero-order chi connectivity index (χ0) is 10.6. The van der Waals surface area contributed by atoms with Gasteiger partial charge >= 0.3 is 0 Å². The van der Waals surface area contributed by atoms with E-state index in [2.05, 4.69) is 15.9 Å². The number of aliphatic hydroxyl groups is 1. The highest BCUT2D eigenvalue weighted by Gasteiger charge is 2.07. The van der Waals surface area contributed by atoms with Gasteiger partial charge in [0.25, 0.3) is 0 Å². The molecule has 0 amide bonds. The Bertz CT molecular complexity index is 302. The van der Waals surface area contributed by atoms with Crippen molar-refractivity contribution in [3.63, 3.8) is 0 Å². The summed E-state index contributed by atoms with van der Waals surface area (Å²) in [6.45, 7) is 0.497. The second kappa shape index (κ2) is 5.44. The highest BCUT2D eigenvalue weighted by Crippen LogP contribution is 2.18. The van der Waals surface area contributed by atoms with Gasteiger partial charge in [-0.2, -0.15) is 0 Å². The largest absolute Gasteiger partial charge is 0.396 e. The second-order valence-corrected chi connectivity index (χ2v) is 4.09. The first kappa shape index (κ1) is 11.6. The highest BCUT2D eigenvalue weighted by molar-refractivity contribution is 9.10. The maximum absolute atomic E-state index is 12.9. The summed E-state index contributed by atoms with van der Waals surface area (Å²) in [6.07, 6.45) is 0.672. The molecule has 1 aromatic carbocycles. The van der Waals surface area contributed by atoms with Gasteiger partial charge in [0.05, 0.1) is 4.47 Å². The van der Waals surface area contributed by atoms with E-state index in [1.807, 2.05) is 0 Å². The van der Waals surface area contributed by atoms with Crippen molar-refractivity contribution in [1.82, 2.24) is 0 Å². The summed E-state index contributed by atoms with van der Waals surface area (Å²) in [5.41, 5.74) is 6.43. The molecule has 0 unspecified atom stereocenters. The van der Waals surface area contributed by atoms with Gasteiger partial charge in [-0.15, -0.1) is 0 Å². The average molecular weight is 262 g/mol. The molecule has 0 aliphatic carbocycles. The molecular formula is C10H13BrFNO. The third kappa shape index (κ3) is 3.04. The Hall–Kier alpha value is -0.450. The molecule has 1 aromatic rings. The lowest BCUT2D eigenvalue weighted by atomic mass is 10.0. The molecule has 0 aliphatic rings. The van der Waals surface area contributed by atoms with E-state index in [-0.39, 0.29) is 18.3 Å². The lowest BCUT2D eigenvalue weighted by molar-refractivity contribution is 0.230. The van der Waals surface area contributed by atoms with Crippen LogP contribution >= 0.6 is 15.9 Å². The fourth-order valence-electron chi connectivity index (χ4n) is 1.22. The van der Waals surface area contributed by atoms with Gasteiger partial charge in [0, 0.05) is 6.61 Å². The van der Waals surface area contributed by atoms with Crippen molar-refractivity contribution in [2.24, 2.45) is 11.7 Å². The van der Waals surface area contributed by atoms with Gasteiger partial charge in [-0.1, -0.05) is 6.07 Å². The predicted molar refractivity (Wildman–Crippen MR) is 57.4 cm³/mol. The first-order chi connectivity index (χ1) is 6.67. The highest BCUT2D eigenvalue weighted by atomic mass is 79.9. The zero-order valence-corrected chi connectivity index (χ0v) is 9.30. The fourth-order valence-corrected chi connectivity index (χ4v) is 1.65. The summed E-state index contributed by atoms with van der Waals surface area (Å²) in [7, 11) is 0. The Morgan fingerprint density at radius 1 is 1.50 bits per heavy atom. The van der Waals surface area contributed by atoms with Crippen LogP contribution in [0.3, 0.4) is 0 Å². The standard InChI is InChI=1S/C10H13BrFNO/c11-9-4-7(1-2-10(9)12)3-8(5-13)6-14/h1-2,4,8,14H,3,5-6,13H2/t8-/m0/s1. The van der Waals surface area contributed by atoms with Gasteiger partial charge in [-0.05, 0) is 52.5 Å². The van der Waals surface area contributed by atoms with Crippen LogP contribution in [0.5, 0.6) is 0 Å². The number of benzene rings is 1. The zero-order valence-electron chi connectivity index (χ0n) is 7.71. The van der Waals surface area contributed by atoms with E-state index in [0.717, 1.165) is 5.56 Å². The van der Waals surface area contributed by atoms with Crippen LogP contribution in [0.4, 0.5) is 4.39 Å². The molecule has 1 rings (SSSR count). The number of nitrogens with two attached hydrogens (primary N) is 1. The van der Waals surface area contributed by atoms with Gasteiger partial charge < -0.3 is 10.8 Å². The molecule has 0 radical (unpaired) electrons. The maximum Gasteiger partial charge on any atom is 0.137 e. The molecule has 0 aromatic heterocycles. The third-order valence-electron chi connectivity index (χ3n) is 2.10. The van der Waals surface area contributed by atoms with Crippen molar-refractivity contribution >= 4 is 15.9 Å². The molecule has 2 nitrogen and oxygen atoms in total. The summed E-state index contributed by atoms with van der Waals surface area (Å²) < 4.78 is 13.3. The molecule has 0 aliphatic heterocycles. The Kier molecular flexibility index (Phi) is 4.51. The monoisotopic (exact) mass is 261 g/mol. The molecule has 0 spiro atoms. The smallest absolute Gasteiger partial charge is 0.137 e. The molecule has 14 heavy (non-hydrogen) atoms. The Balaban J connectivity index is 2.72. The van der Waals surface area contributed by atoms with Crippen LogP contribution in [0.25, 0.3) is 0 Å². The van der Waals surface area contributed by atoms with Crippen LogP contribution in [0.15, 0.2) is 22.7 Å². The van der Waals surface area contributed by atoms with Crippen LogP contribution in [0.1, 0.15) is 5.56 Å². The van der Waals surface area contributed by atoms with E-state index in [1.54, 1.807) is 12.1 Å². The Labute approximate surface area is 91.1 Å². The summed E-state index contributed by atoms with van der Waals surface area (Å²) in [5, 5.41) is 8.95. The van der Waals surface area contributed by atoms with Crippen LogP contribution in [-0.4, -0.2) is 18.3 Å². The van der Waals surface area contributed by atoms with Crippen LogP contribution in [0.2, 0.25) is 0 Å². The predicted octanol–water partition coefficient (Wildman–Crippen LogP) is 1.70. The molecule has 0 fully saturated rings. The number of rotatable bonds is 4. The number of halogens is 2. The molecule has 0 saturated carbocycles. The van der Waals surface area contributed by atoms with Gasteiger partial charge in [0.1, 0.15) is 5.82 Å². The number of aliphatic hydroxyl groups excluding tert-OH is 1. The fraction of sp³-hybridized carbons (Fsp3) is 0.400. The first-order valence-electron chi connectivity index (χ1n) is 4.42. The van der Waals surface area contributed by atoms with E-state index in [9.17, 15) is 4.39 Å². The number of hydrogen-bond acceptors (Lipinski definition) is 2. The topological polar surface area (TPSA) is 46.2 Å².